The van der Waals surface area contributed by atoms with E-state index in [2.05, 4.69) is 23.3 Å². The Morgan fingerprint density at radius 2 is 2.10 bits per heavy atom. The Hall–Kier alpha value is -1.85. The Morgan fingerprint density at radius 3 is 2.76 bits per heavy atom. The fourth-order valence-electron chi connectivity index (χ4n) is 2.03. The van der Waals surface area contributed by atoms with Crippen molar-refractivity contribution >= 4 is 17.3 Å². The largest absolute Gasteiger partial charge is 0.491 e. The van der Waals surface area contributed by atoms with Gasteiger partial charge < -0.3 is 9.84 Å². The van der Waals surface area contributed by atoms with Crippen LogP contribution in [0.1, 0.15) is 22.2 Å². The summed E-state index contributed by atoms with van der Waals surface area (Å²) in [6, 6.07) is 10.9. The van der Waals surface area contributed by atoms with Crippen molar-refractivity contribution in [1.29, 1.82) is 0 Å². The number of para-hydroxylation sites is 1. The minimum absolute atomic E-state index is 0.207. The fourth-order valence-corrected chi connectivity index (χ4v) is 2.77. The average molecular weight is 305 g/mol. The van der Waals surface area contributed by atoms with E-state index in [1.807, 2.05) is 6.07 Å². The van der Waals surface area contributed by atoms with E-state index in [-0.39, 0.29) is 5.56 Å². The molecule has 0 fully saturated rings. The number of hydrogen-bond acceptors (Lipinski definition) is 4. The van der Waals surface area contributed by atoms with Crippen LogP contribution in [0.25, 0.3) is 0 Å². The molecule has 0 unspecified atom stereocenters. The topological polar surface area (TPSA) is 49.8 Å². The van der Waals surface area contributed by atoms with Crippen molar-refractivity contribution in [2.45, 2.75) is 13.5 Å². The zero-order valence-electron chi connectivity index (χ0n) is 12.0. The summed E-state index contributed by atoms with van der Waals surface area (Å²) in [5.74, 6) is -0.534. The quantitative estimate of drug-likeness (QED) is 0.812. The summed E-state index contributed by atoms with van der Waals surface area (Å²) in [5.41, 5.74) is 0.207. The van der Waals surface area contributed by atoms with Crippen LogP contribution >= 0.6 is 11.3 Å². The maximum atomic E-state index is 11.1. The summed E-state index contributed by atoms with van der Waals surface area (Å²) in [6.07, 6.45) is 0. The van der Waals surface area contributed by atoms with Crippen LogP contribution in [-0.4, -0.2) is 35.7 Å². The molecule has 1 aromatic carbocycles. The summed E-state index contributed by atoms with van der Waals surface area (Å²) >= 11 is 1.74. The van der Waals surface area contributed by atoms with E-state index in [9.17, 15) is 4.79 Å². The molecule has 0 aliphatic rings. The predicted octanol–water partition coefficient (Wildman–Crippen LogP) is 3.35. The number of rotatable bonds is 8. The van der Waals surface area contributed by atoms with E-state index >= 15 is 0 Å². The van der Waals surface area contributed by atoms with Gasteiger partial charge in [-0.05, 0) is 30.1 Å². The average Bonchev–Trinajstić information content (AvgIpc) is 2.99. The molecule has 4 nitrogen and oxygen atoms in total. The first-order chi connectivity index (χ1) is 10.2. The molecule has 0 aliphatic carbocycles. The third-order valence-corrected chi connectivity index (χ3v) is 4.05. The van der Waals surface area contributed by atoms with Gasteiger partial charge in [0.1, 0.15) is 17.9 Å². The zero-order valence-corrected chi connectivity index (χ0v) is 12.8. The van der Waals surface area contributed by atoms with E-state index in [4.69, 9.17) is 9.84 Å². The van der Waals surface area contributed by atoms with Gasteiger partial charge >= 0.3 is 5.97 Å². The molecule has 5 heteroatoms. The number of thiophene rings is 1. The predicted molar refractivity (Wildman–Crippen MR) is 84.2 cm³/mol. The monoisotopic (exact) mass is 305 g/mol. The number of likely N-dealkylation sites (N-methyl/N-ethyl adjacent to an activating group) is 1. The minimum Gasteiger partial charge on any atom is -0.491 e. The third kappa shape index (κ3) is 4.58. The van der Waals surface area contributed by atoms with E-state index < -0.39 is 5.97 Å². The lowest BCUT2D eigenvalue weighted by Gasteiger charge is -2.20. The number of ether oxygens (including phenoxy) is 1. The van der Waals surface area contributed by atoms with Crippen LogP contribution in [0, 0.1) is 0 Å². The minimum atomic E-state index is -0.962. The molecule has 1 heterocycles. The van der Waals surface area contributed by atoms with Gasteiger partial charge in [0.25, 0.3) is 0 Å². The lowest BCUT2D eigenvalue weighted by atomic mass is 10.2. The van der Waals surface area contributed by atoms with Crippen LogP contribution in [0.4, 0.5) is 0 Å². The zero-order chi connectivity index (χ0) is 15.1. The number of aromatic carboxylic acids is 1. The number of hydrogen-bond donors (Lipinski definition) is 1. The third-order valence-electron chi connectivity index (χ3n) is 3.19. The molecule has 0 amide bonds. The van der Waals surface area contributed by atoms with Gasteiger partial charge in [-0.1, -0.05) is 25.1 Å². The van der Waals surface area contributed by atoms with Crippen LogP contribution in [0.2, 0.25) is 0 Å². The fraction of sp³-hybridized carbons (Fsp3) is 0.312. The molecule has 21 heavy (non-hydrogen) atoms. The second kappa shape index (κ2) is 7.81. The van der Waals surface area contributed by atoms with Crippen LogP contribution in [0.15, 0.2) is 41.8 Å². The maximum Gasteiger partial charge on any atom is 0.339 e. The first kappa shape index (κ1) is 15.5. The Labute approximate surface area is 128 Å². The highest BCUT2D eigenvalue weighted by Crippen LogP contribution is 2.18. The van der Waals surface area contributed by atoms with Gasteiger partial charge in [0.15, 0.2) is 0 Å². The molecule has 112 valence electrons. The Bertz CT molecular complexity index is 569. The Balaban J connectivity index is 1.87. The number of carboxylic acid groups (broad SMARTS) is 1. The Morgan fingerprint density at radius 1 is 1.29 bits per heavy atom. The van der Waals surface area contributed by atoms with Crippen molar-refractivity contribution in [3.8, 4) is 5.75 Å². The normalized spacial score (nSPS) is 10.8. The maximum absolute atomic E-state index is 11.1. The molecule has 0 saturated carbocycles. The lowest BCUT2D eigenvalue weighted by Crippen LogP contribution is -2.27. The van der Waals surface area contributed by atoms with Crippen LogP contribution in [0.5, 0.6) is 5.75 Å². The van der Waals surface area contributed by atoms with Crippen molar-refractivity contribution in [2.75, 3.05) is 19.7 Å². The lowest BCUT2D eigenvalue weighted by molar-refractivity contribution is 0.0691. The molecule has 0 atom stereocenters. The molecule has 0 aliphatic heterocycles. The second-order valence-electron chi connectivity index (χ2n) is 4.60. The molecule has 2 aromatic rings. The molecule has 2 rings (SSSR count). The number of carbonyl (C=O) groups is 1. The standard InChI is InChI=1S/C16H19NO3S/c1-2-17(12-13-6-5-11-21-13)9-10-20-15-8-4-3-7-14(15)16(18)19/h3-8,11H,2,9-10,12H2,1H3,(H,18,19). The summed E-state index contributed by atoms with van der Waals surface area (Å²) in [4.78, 5) is 14.7. The molecular weight excluding hydrogens is 286 g/mol. The smallest absolute Gasteiger partial charge is 0.339 e. The molecule has 1 N–H and O–H groups in total. The van der Waals surface area contributed by atoms with Gasteiger partial charge in [-0.25, -0.2) is 4.79 Å². The number of nitrogens with zero attached hydrogens (tertiary/aromatic N) is 1. The van der Waals surface area contributed by atoms with E-state index in [1.54, 1.807) is 35.6 Å². The van der Waals surface area contributed by atoms with Gasteiger partial charge in [-0.3, -0.25) is 4.90 Å². The van der Waals surface area contributed by atoms with Gasteiger partial charge in [0, 0.05) is 18.0 Å². The van der Waals surface area contributed by atoms with Crippen molar-refractivity contribution in [3.63, 3.8) is 0 Å². The first-order valence-corrected chi connectivity index (χ1v) is 7.78. The van der Waals surface area contributed by atoms with Crippen molar-refractivity contribution in [1.82, 2.24) is 4.90 Å². The van der Waals surface area contributed by atoms with Gasteiger partial charge in [-0.15, -0.1) is 11.3 Å². The highest BCUT2D eigenvalue weighted by Gasteiger charge is 2.11. The number of benzene rings is 1. The second-order valence-corrected chi connectivity index (χ2v) is 5.63. The van der Waals surface area contributed by atoms with E-state index in [1.165, 1.54) is 4.88 Å². The SMILES string of the molecule is CCN(CCOc1ccccc1C(=O)O)Cc1cccs1. The van der Waals surface area contributed by atoms with Gasteiger partial charge in [0.05, 0.1) is 0 Å². The summed E-state index contributed by atoms with van der Waals surface area (Å²) < 4.78 is 5.63. The summed E-state index contributed by atoms with van der Waals surface area (Å²) in [6.45, 7) is 5.19. The molecule has 0 saturated heterocycles. The highest BCUT2D eigenvalue weighted by molar-refractivity contribution is 7.09. The Kier molecular flexibility index (Phi) is 5.78. The molecular formula is C16H19NO3S. The first-order valence-electron chi connectivity index (χ1n) is 6.90. The van der Waals surface area contributed by atoms with Crippen LogP contribution < -0.4 is 4.74 Å². The van der Waals surface area contributed by atoms with Crippen molar-refractivity contribution < 1.29 is 14.6 Å². The van der Waals surface area contributed by atoms with E-state index in [0.29, 0.717) is 12.4 Å². The summed E-state index contributed by atoms with van der Waals surface area (Å²) in [7, 11) is 0. The number of carboxylic acids is 1. The highest BCUT2D eigenvalue weighted by atomic mass is 32.1. The molecule has 0 bridgehead atoms. The van der Waals surface area contributed by atoms with E-state index in [0.717, 1.165) is 19.6 Å². The molecule has 1 aromatic heterocycles. The molecule has 0 spiro atoms. The van der Waals surface area contributed by atoms with Crippen LogP contribution in [0.3, 0.4) is 0 Å². The van der Waals surface area contributed by atoms with Crippen molar-refractivity contribution in [2.24, 2.45) is 0 Å². The van der Waals surface area contributed by atoms with Gasteiger partial charge in [-0.2, -0.15) is 0 Å². The summed E-state index contributed by atoms with van der Waals surface area (Å²) in [5, 5.41) is 11.2. The van der Waals surface area contributed by atoms with Crippen LogP contribution in [-0.2, 0) is 6.54 Å². The molecule has 0 radical (unpaired) electrons. The van der Waals surface area contributed by atoms with Gasteiger partial charge in [0.2, 0.25) is 0 Å². The van der Waals surface area contributed by atoms with Crippen molar-refractivity contribution in [3.05, 3.63) is 52.2 Å².